The molecule has 18 heavy (non-hydrogen) atoms. The van der Waals surface area contributed by atoms with Gasteiger partial charge in [0.05, 0.1) is 10.4 Å². The zero-order valence-corrected chi connectivity index (χ0v) is 11.1. The Morgan fingerprint density at radius 1 is 1.50 bits per heavy atom. The van der Waals surface area contributed by atoms with Crippen LogP contribution in [0, 0.1) is 0 Å². The van der Waals surface area contributed by atoms with E-state index in [9.17, 15) is 4.79 Å². The van der Waals surface area contributed by atoms with E-state index in [2.05, 4.69) is 9.88 Å². The number of nitrogen functional groups attached to an aromatic ring is 1. The summed E-state index contributed by atoms with van der Waals surface area (Å²) in [6.45, 7) is 0.873. The SMILES string of the molecule is CN(C)CCc1cncc2sc(C(=O)O)c(N)c12. The first kappa shape index (κ1) is 12.8. The second-order valence-corrected chi connectivity index (χ2v) is 5.43. The number of hydrogen-bond acceptors (Lipinski definition) is 5. The maximum atomic E-state index is 11.1. The summed E-state index contributed by atoms with van der Waals surface area (Å²) in [4.78, 5) is 17.5. The number of anilines is 1. The molecule has 0 saturated heterocycles. The number of aromatic carboxylic acids is 1. The Bertz CT molecular complexity index is 592. The van der Waals surface area contributed by atoms with Crippen molar-refractivity contribution in [1.82, 2.24) is 9.88 Å². The molecule has 5 nitrogen and oxygen atoms in total. The van der Waals surface area contributed by atoms with Gasteiger partial charge in [-0.25, -0.2) is 4.79 Å². The highest BCUT2D eigenvalue weighted by Crippen LogP contribution is 2.35. The molecule has 0 aromatic carbocycles. The number of fused-ring (bicyclic) bond motifs is 1. The van der Waals surface area contributed by atoms with Crippen LogP contribution in [0.5, 0.6) is 0 Å². The molecule has 0 saturated carbocycles. The van der Waals surface area contributed by atoms with Crippen LogP contribution in [0.1, 0.15) is 15.2 Å². The van der Waals surface area contributed by atoms with Crippen LogP contribution in [0.4, 0.5) is 5.69 Å². The average Bonchev–Trinajstić information content (AvgIpc) is 2.65. The zero-order valence-electron chi connectivity index (χ0n) is 10.3. The quantitative estimate of drug-likeness (QED) is 0.879. The Balaban J connectivity index is 2.51. The molecule has 2 rings (SSSR count). The lowest BCUT2D eigenvalue weighted by Gasteiger charge is -2.10. The summed E-state index contributed by atoms with van der Waals surface area (Å²) >= 11 is 1.18. The number of nitrogens with zero attached hydrogens (tertiary/aromatic N) is 2. The molecule has 0 unspecified atom stereocenters. The van der Waals surface area contributed by atoms with E-state index in [0.717, 1.165) is 28.6 Å². The summed E-state index contributed by atoms with van der Waals surface area (Å²) in [6.07, 6.45) is 4.24. The second kappa shape index (κ2) is 4.91. The Kier molecular flexibility index (Phi) is 3.49. The molecule has 0 atom stereocenters. The monoisotopic (exact) mass is 265 g/mol. The van der Waals surface area contributed by atoms with Crippen molar-refractivity contribution in [2.45, 2.75) is 6.42 Å². The molecule has 0 spiro atoms. The number of carboxylic acids is 1. The molecule has 0 aliphatic rings. The first-order valence-electron chi connectivity index (χ1n) is 5.53. The molecule has 2 aromatic heterocycles. The largest absolute Gasteiger partial charge is 0.477 e. The molecule has 2 heterocycles. The summed E-state index contributed by atoms with van der Waals surface area (Å²) in [7, 11) is 3.99. The van der Waals surface area contributed by atoms with Gasteiger partial charge in [0.25, 0.3) is 0 Å². The zero-order chi connectivity index (χ0) is 13.3. The molecule has 0 radical (unpaired) electrons. The predicted octanol–water partition coefficient (Wildman–Crippen LogP) is 1.68. The predicted molar refractivity (Wildman–Crippen MR) is 73.2 cm³/mol. The maximum Gasteiger partial charge on any atom is 0.348 e. The molecule has 2 aromatic rings. The van der Waals surface area contributed by atoms with E-state index < -0.39 is 5.97 Å². The van der Waals surface area contributed by atoms with E-state index in [4.69, 9.17) is 10.8 Å². The third kappa shape index (κ3) is 2.30. The van der Waals surface area contributed by atoms with Gasteiger partial charge < -0.3 is 15.7 Å². The number of nitrogens with two attached hydrogens (primary N) is 1. The molecule has 0 fully saturated rings. The van der Waals surface area contributed by atoms with Crippen molar-refractivity contribution in [2.75, 3.05) is 26.4 Å². The van der Waals surface area contributed by atoms with Crippen LogP contribution < -0.4 is 5.73 Å². The topological polar surface area (TPSA) is 79.5 Å². The fourth-order valence-corrected chi connectivity index (χ4v) is 2.81. The Morgan fingerprint density at radius 3 is 2.83 bits per heavy atom. The van der Waals surface area contributed by atoms with Gasteiger partial charge in [-0.15, -0.1) is 11.3 Å². The number of pyridine rings is 1. The number of thiophene rings is 1. The minimum absolute atomic E-state index is 0.198. The van der Waals surface area contributed by atoms with E-state index in [1.807, 2.05) is 14.1 Å². The molecule has 3 N–H and O–H groups in total. The molecule has 6 heteroatoms. The molecular weight excluding hydrogens is 250 g/mol. The Hall–Kier alpha value is -1.66. The lowest BCUT2D eigenvalue weighted by Crippen LogP contribution is -2.15. The summed E-state index contributed by atoms with van der Waals surface area (Å²) < 4.78 is 0.834. The minimum atomic E-state index is -0.979. The maximum absolute atomic E-state index is 11.1. The summed E-state index contributed by atoms with van der Waals surface area (Å²) in [5.74, 6) is -0.979. The van der Waals surface area contributed by atoms with Crippen LogP contribution in [0.15, 0.2) is 12.4 Å². The van der Waals surface area contributed by atoms with E-state index in [0.29, 0.717) is 5.69 Å². The normalized spacial score (nSPS) is 11.3. The van der Waals surface area contributed by atoms with Gasteiger partial charge in [0, 0.05) is 24.3 Å². The van der Waals surface area contributed by atoms with Crippen LogP contribution in [0.2, 0.25) is 0 Å². The van der Waals surface area contributed by atoms with Crippen LogP contribution in [-0.4, -0.2) is 41.6 Å². The minimum Gasteiger partial charge on any atom is -0.477 e. The van der Waals surface area contributed by atoms with E-state index >= 15 is 0 Å². The van der Waals surface area contributed by atoms with Gasteiger partial charge in [-0.3, -0.25) is 4.98 Å². The summed E-state index contributed by atoms with van der Waals surface area (Å²) in [5.41, 5.74) is 7.30. The molecule has 0 aliphatic carbocycles. The Labute approximate surface area is 109 Å². The second-order valence-electron chi connectivity index (χ2n) is 4.38. The molecule has 96 valence electrons. The molecular formula is C12H15N3O2S. The van der Waals surface area contributed by atoms with Crippen molar-refractivity contribution in [1.29, 1.82) is 0 Å². The third-order valence-corrected chi connectivity index (χ3v) is 3.87. The van der Waals surface area contributed by atoms with Gasteiger partial charge in [-0.1, -0.05) is 0 Å². The van der Waals surface area contributed by atoms with Crippen LogP contribution >= 0.6 is 11.3 Å². The molecule has 0 amide bonds. The van der Waals surface area contributed by atoms with Gasteiger partial charge >= 0.3 is 5.97 Å². The van der Waals surface area contributed by atoms with Crippen molar-refractivity contribution >= 4 is 33.1 Å². The highest BCUT2D eigenvalue weighted by molar-refractivity contribution is 7.21. The van der Waals surface area contributed by atoms with Gasteiger partial charge in [0.2, 0.25) is 0 Å². The van der Waals surface area contributed by atoms with E-state index in [1.54, 1.807) is 12.4 Å². The van der Waals surface area contributed by atoms with Crippen LogP contribution in [0.25, 0.3) is 10.1 Å². The number of aromatic nitrogens is 1. The van der Waals surface area contributed by atoms with Crippen molar-refractivity contribution in [3.05, 3.63) is 22.8 Å². The van der Waals surface area contributed by atoms with Crippen LogP contribution in [0.3, 0.4) is 0 Å². The van der Waals surface area contributed by atoms with E-state index in [-0.39, 0.29) is 4.88 Å². The molecule has 0 bridgehead atoms. The highest BCUT2D eigenvalue weighted by Gasteiger charge is 2.17. The van der Waals surface area contributed by atoms with Gasteiger partial charge in [0.15, 0.2) is 0 Å². The van der Waals surface area contributed by atoms with Gasteiger partial charge in [-0.05, 0) is 26.1 Å². The first-order chi connectivity index (χ1) is 8.50. The number of rotatable bonds is 4. The summed E-state index contributed by atoms with van der Waals surface area (Å²) in [5, 5.41) is 9.92. The third-order valence-electron chi connectivity index (χ3n) is 2.74. The fourth-order valence-electron chi connectivity index (χ4n) is 1.84. The number of carboxylic acid groups (broad SMARTS) is 1. The van der Waals surface area contributed by atoms with Gasteiger partial charge in [-0.2, -0.15) is 0 Å². The standard InChI is InChI=1S/C12H15N3O2S/c1-15(2)4-3-7-5-14-6-8-9(7)10(13)11(18-8)12(16)17/h5-6H,3-4,13H2,1-2H3,(H,16,17). The highest BCUT2D eigenvalue weighted by atomic mass is 32.1. The fraction of sp³-hybridized carbons (Fsp3) is 0.333. The van der Waals surface area contributed by atoms with E-state index in [1.165, 1.54) is 11.3 Å². The lowest BCUT2D eigenvalue weighted by atomic mass is 10.1. The number of hydrogen-bond donors (Lipinski definition) is 2. The summed E-state index contributed by atoms with van der Waals surface area (Å²) in [6, 6.07) is 0. The first-order valence-corrected chi connectivity index (χ1v) is 6.35. The van der Waals surface area contributed by atoms with Crippen molar-refractivity contribution in [3.8, 4) is 0 Å². The number of likely N-dealkylation sites (N-methyl/N-ethyl adjacent to an activating group) is 1. The average molecular weight is 265 g/mol. The lowest BCUT2D eigenvalue weighted by molar-refractivity contribution is 0.0703. The Morgan fingerprint density at radius 2 is 2.22 bits per heavy atom. The van der Waals surface area contributed by atoms with Crippen molar-refractivity contribution in [3.63, 3.8) is 0 Å². The smallest absolute Gasteiger partial charge is 0.348 e. The van der Waals surface area contributed by atoms with Crippen LogP contribution in [-0.2, 0) is 6.42 Å². The van der Waals surface area contributed by atoms with Gasteiger partial charge in [0.1, 0.15) is 4.88 Å². The number of carbonyl (C=O) groups is 1. The van der Waals surface area contributed by atoms with Crippen molar-refractivity contribution < 1.29 is 9.90 Å². The molecule has 0 aliphatic heterocycles. The van der Waals surface area contributed by atoms with Crippen molar-refractivity contribution in [2.24, 2.45) is 0 Å².